The number of amides is 2. The Labute approximate surface area is 163 Å². The van der Waals surface area contributed by atoms with Gasteiger partial charge in [-0.3, -0.25) is 9.20 Å². The minimum absolute atomic E-state index is 0.251. The van der Waals surface area contributed by atoms with Crippen LogP contribution in [-0.2, 0) is 11.3 Å². The standard InChI is InChI=1S/C21H24N4O3/c1-14-8-9-15(12-23-20(27)28-21(2,3)4)11-16(14)24-19(26)17-13-22-18-7-5-6-10-25(17)18/h5-11,13H,12H2,1-4H3,(H,23,27)(H,24,26). The lowest BCUT2D eigenvalue weighted by molar-refractivity contribution is 0.0523. The zero-order valence-corrected chi connectivity index (χ0v) is 16.4. The minimum Gasteiger partial charge on any atom is -0.444 e. The molecule has 2 aromatic heterocycles. The summed E-state index contributed by atoms with van der Waals surface area (Å²) in [6, 6.07) is 11.2. The molecule has 146 valence electrons. The van der Waals surface area contributed by atoms with Crippen LogP contribution in [0.2, 0.25) is 0 Å². The Balaban J connectivity index is 1.71. The Bertz CT molecular complexity index is 1020. The second-order valence-electron chi connectivity index (χ2n) is 7.53. The van der Waals surface area contributed by atoms with E-state index in [0.29, 0.717) is 23.6 Å². The van der Waals surface area contributed by atoms with Gasteiger partial charge in [0.15, 0.2) is 0 Å². The molecule has 0 spiro atoms. The average Bonchev–Trinajstić information content (AvgIpc) is 3.05. The summed E-state index contributed by atoms with van der Waals surface area (Å²) in [6.07, 6.45) is 2.86. The molecule has 0 radical (unpaired) electrons. The Morgan fingerprint density at radius 3 is 2.71 bits per heavy atom. The highest BCUT2D eigenvalue weighted by Gasteiger charge is 2.16. The van der Waals surface area contributed by atoms with Crippen LogP contribution >= 0.6 is 0 Å². The molecular formula is C21H24N4O3. The number of aromatic nitrogens is 2. The van der Waals surface area contributed by atoms with Crippen LogP contribution in [0.4, 0.5) is 10.5 Å². The Kier molecular flexibility index (Phi) is 5.35. The molecular weight excluding hydrogens is 356 g/mol. The molecule has 0 saturated carbocycles. The van der Waals surface area contributed by atoms with Gasteiger partial charge in [0, 0.05) is 18.4 Å². The van der Waals surface area contributed by atoms with Crippen molar-refractivity contribution >= 4 is 23.3 Å². The number of nitrogens with zero attached hydrogens (tertiary/aromatic N) is 2. The van der Waals surface area contributed by atoms with Gasteiger partial charge in [-0.15, -0.1) is 0 Å². The molecule has 7 nitrogen and oxygen atoms in total. The maximum atomic E-state index is 12.7. The monoisotopic (exact) mass is 380 g/mol. The van der Waals surface area contributed by atoms with Crippen LogP contribution < -0.4 is 10.6 Å². The van der Waals surface area contributed by atoms with E-state index in [2.05, 4.69) is 15.6 Å². The molecule has 0 fully saturated rings. The smallest absolute Gasteiger partial charge is 0.407 e. The molecule has 1 aromatic carbocycles. The molecule has 0 saturated heterocycles. The van der Waals surface area contributed by atoms with E-state index in [9.17, 15) is 9.59 Å². The van der Waals surface area contributed by atoms with Crippen molar-refractivity contribution < 1.29 is 14.3 Å². The summed E-state index contributed by atoms with van der Waals surface area (Å²) in [7, 11) is 0. The van der Waals surface area contributed by atoms with E-state index in [4.69, 9.17) is 4.74 Å². The normalized spacial score (nSPS) is 11.3. The molecule has 0 aliphatic heterocycles. The highest BCUT2D eigenvalue weighted by Crippen LogP contribution is 2.19. The zero-order chi connectivity index (χ0) is 20.3. The maximum Gasteiger partial charge on any atom is 0.407 e. The number of fused-ring (bicyclic) bond motifs is 1. The van der Waals surface area contributed by atoms with Crippen molar-refractivity contribution in [2.75, 3.05) is 5.32 Å². The van der Waals surface area contributed by atoms with Crippen molar-refractivity contribution in [3.63, 3.8) is 0 Å². The number of imidazole rings is 1. The summed E-state index contributed by atoms with van der Waals surface area (Å²) >= 11 is 0. The number of alkyl carbamates (subject to hydrolysis) is 1. The van der Waals surface area contributed by atoms with Gasteiger partial charge in [-0.2, -0.15) is 0 Å². The van der Waals surface area contributed by atoms with Gasteiger partial charge in [0.05, 0.1) is 6.20 Å². The second kappa shape index (κ2) is 7.72. The first-order valence-electron chi connectivity index (χ1n) is 9.03. The quantitative estimate of drug-likeness (QED) is 0.718. The predicted octanol–water partition coefficient (Wildman–Crippen LogP) is 3.92. The van der Waals surface area contributed by atoms with E-state index in [1.165, 1.54) is 0 Å². The van der Waals surface area contributed by atoms with E-state index in [1.807, 2.05) is 64.1 Å². The number of anilines is 1. The number of hydrogen-bond donors (Lipinski definition) is 2. The predicted molar refractivity (Wildman–Crippen MR) is 107 cm³/mol. The first-order chi connectivity index (χ1) is 13.2. The highest BCUT2D eigenvalue weighted by atomic mass is 16.6. The summed E-state index contributed by atoms with van der Waals surface area (Å²) in [6.45, 7) is 7.65. The summed E-state index contributed by atoms with van der Waals surface area (Å²) in [4.78, 5) is 28.8. The largest absolute Gasteiger partial charge is 0.444 e. The lowest BCUT2D eigenvalue weighted by Gasteiger charge is -2.19. The number of rotatable bonds is 4. The molecule has 7 heteroatoms. The third kappa shape index (κ3) is 4.68. The summed E-state index contributed by atoms with van der Waals surface area (Å²) in [5.74, 6) is -0.251. The van der Waals surface area contributed by atoms with Gasteiger partial charge in [-0.1, -0.05) is 18.2 Å². The summed E-state index contributed by atoms with van der Waals surface area (Å²) < 4.78 is 6.97. The number of hydrogen-bond acceptors (Lipinski definition) is 4. The van der Waals surface area contributed by atoms with E-state index in [1.54, 1.807) is 16.8 Å². The fraction of sp³-hybridized carbons (Fsp3) is 0.286. The topological polar surface area (TPSA) is 84.7 Å². The lowest BCUT2D eigenvalue weighted by atomic mass is 10.1. The van der Waals surface area contributed by atoms with Crippen molar-refractivity contribution in [1.29, 1.82) is 0 Å². The van der Waals surface area contributed by atoms with Crippen molar-refractivity contribution in [2.24, 2.45) is 0 Å². The van der Waals surface area contributed by atoms with Gasteiger partial charge in [-0.05, 0) is 57.0 Å². The van der Waals surface area contributed by atoms with Crippen LogP contribution in [0, 0.1) is 6.92 Å². The minimum atomic E-state index is -0.551. The van der Waals surface area contributed by atoms with Gasteiger partial charge in [0.25, 0.3) is 5.91 Å². The number of carbonyl (C=O) groups excluding carboxylic acids is 2. The number of benzene rings is 1. The molecule has 28 heavy (non-hydrogen) atoms. The molecule has 0 unspecified atom stereocenters. The number of aryl methyl sites for hydroxylation is 1. The maximum absolute atomic E-state index is 12.7. The van der Waals surface area contributed by atoms with Crippen molar-refractivity contribution in [3.8, 4) is 0 Å². The molecule has 0 bridgehead atoms. The van der Waals surface area contributed by atoms with Crippen LogP contribution in [0.15, 0.2) is 48.8 Å². The van der Waals surface area contributed by atoms with Crippen molar-refractivity contribution in [3.05, 3.63) is 65.6 Å². The Morgan fingerprint density at radius 2 is 1.96 bits per heavy atom. The lowest BCUT2D eigenvalue weighted by Crippen LogP contribution is -2.32. The number of carbonyl (C=O) groups is 2. The van der Waals surface area contributed by atoms with E-state index < -0.39 is 11.7 Å². The first-order valence-corrected chi connectivity index (χ1v) is 9.03. The van der Waals surface area contributed by atoms with E-state index in [0.717, 1.165) is 11.1 Å². The van der Waals surface area contributed by atoms with Crippen LogP contribution in [0.3, 0.4) is 0 Å². The summed E-state index contributed by atoms with van der Waals surface area (Å²) in [5.41, 5.74) is 3.06. The average molecular weight is 380 g/mol. The molecule has 2 N–H and O–H groups in total. The summed E-state index contributed by atoms with van der Waals surface area (Å²) in [5, 5.41) is 5.65. The third-order valence-electron chi connectivity index (χ3n) is 4.04. The van der Waals surface area contributed by atoms with Crippen LogP contribution in [0.25, 0.3) is 5.65 Å². The van der Waals surface area contributed by atoms with Gasteiger partial charge in [0.1, 0.15) is 16.9 Å². The van der Waals surface area contributed by atoms with Crippen LogP contribution in [0.5, 0.6) is 0 Å². The third-order valence-corrected chi connectivity index (χ3v) is 4.04. The number of pyridine rings is 1. The Hall–Kier alpha value is -3.35. The number of ether oxygens (including phenoxy) is 1. The zero-order valence-electron chi connectivity index (χ0n) is 16.4. The fourth-order valence-electron chi connectivity index (χ4n) is 2.69. The van der Waals surface area contributed by atoms with E-state index in [-0.39, 0.29) is 5.91 Å². The molecule has 0 aliphatic rings. The highest BCUT2D eigenvalue weighted by molar-refractivity contribution is 6.03. The SMILES string of the molecule is Cc1ccc(CNC(=O)OC(C)(C)C)cc1NC(=O)c1cnc2ccccn12. The fourth-order valence-corrected chi connectivity index (χ4v) is 2.69. The van der Waals surface area contributed by atoms with Gasteiger partial charge < -0.3 is 15.4 Å². The van der Waals surface area contributed by atoms with Gasteiger partial charge >= 0.3 is 6.09 Å². The Morgan fingerprint density at radius 1 is 1.18 bits per heavy atom. The molecule has 3 rings (SSSR count). The molecule has 2 amide bonds. The van der Waals surface area contributed by atoms with Crippen molar-refractivity contribution in [2.45, 2.75) is 39.8 Å². The molecule has 2 heterocycles. The van der Waals surface area contributed by atoms with E-state index >= 15 is 0 Å². The molecule has 0 atom stereocenters. The van der Waals surface area contributed by atoms with Gasteiger partial charge in [0.2, 0.25) is 0 Å². The molecule has 0 aliphatic carbocycles. The van der Waals surface area contributed by atoms with Crippen LogP contribution in [-0.4, -0.2) is 27.0 Å². The van der Waals surface area contributed by atoms with Crippen molar-refractivity contribution in [1.82, 2.24) is 14.7 Å². The molecule has 3 aromatic rings. The van der Waals surface area contributed by atoms with Gasteiger partial charge in [-0.25, -0.2) is 9.78 Å². The second-order valence-corrected chi connectivity index (χ2v) is 7.53. The van der Waals surface area contributed by atoms with Crippen LogP contribution in [0.1, 0.15) is 42.4 Å². The number of nitrogens with one attached hydrogen (secondary N) is 2. The first kappa shape index (κ1) is 19.4.